The van der Waals surface area contributed by atoms with Crippen molar-refractivity contribution in [3.63, 3.8) is 0 Å². The number of Topliss-reactive ketones (excluding diaryl/α,β-unsaturated/α-hetero) is 1. The molecule has 1 amide bonds. The summed E-state index contributed by atoms with van der Waals surface area (Å²) >= 11 is 1.57. The number of thiazole rings is 1. The first-order valence-electron chi connectivity index (χ1n) is 17.0. The molecule has 0 fully saturated rings. The molecule has 0 radical (unpaired) electrons. The smallest absolute Gasteiger partial charge is 0.323 e. The number of amides is 1. The van der Waals surface area contributed by atoms with E-state index in [2.05, 4.69) is 28.3 Å². The van der Waals surface area contributed by atoms with E-state index in [-0.39, 0.29) is 36.5 Å². The first-order chi connectivity index (χ1) is 22.7. The van der Waals surface area contributed by atoms with Crippen molar-refractivity contribution in [1.29, 1.82) is 0 Å². The number of carbonyl (C=O) groups excluding carboxylic acids is 3. The summed E-state index contributed by atoms with van der Waals surface area (Å²) in [7, 11) is 0. The second-order valence-corrected chi connectivity index (χ2v) is 15.2. The van der Waals surface area contributed by atoms with Crippen molar-refractivity contribution in [3.05, 3.63) is 69.3 Å². The first kappa shape index (κ1) is 37.2. The van der Waals surface area contributed by atoms with Crippen LogP contribution >= 0.6 is 11.3 Å². The van der Waals surface area contributed by atoms with Crippen LogP contribution in [0.2, 0.25) is 0 Å². The lowest BCUT2D eigenvalue weighted by atomic mass is 9.72. The lowest BCUT2D eigenvalue weighted by molar-refractivity contribution is -0.161. The highest BCUT2D eigenvalue weighted by Gasteiger charge is 2.44. The van der Waals surface area contributed by atoms with Crippen LogP contribution in [0.5, 0.6) is 0 Å². The molecule has 0 aliphatic carbocycles. The van der Waals surface area contributed by atoms with E-state index >= 15 is 0 Å². The van der Waals surface area contributed by atoms with E-state index in [1.807, 2.05) is 62.7 Å². The number of allylic oxidation sites excluding steroid dienone is 1. The fourth-order valence-corrected chi connectivity index (χ4v) is 7.13. The van der Waals surface area contributed by atoms with Crippen molar-refractivity contribution < 1.29 is 24.2 Å². The minimum absolute atomic E-state index is 0.148. The number of ketones is 1. The fraction of sp³-hybridized carbons (Fsp3) is 0.526. The minimum Gasteiger partial charge on any atom is -0.460 e. The van der Waals surface area contributed by atoms with E-state index in [4.69, 9.17) is 10.5 Å². The summed E-state index contributed by atoms with van der Waals surface area (Å²) in [5.41, 5.74) is 9.99. The van der Waals surface area contributed by atoms with Crippen molar-refractivity contribution in [2.45, 2.75) is 111 Å². The Hall–Kier alpha value is -3.60. The Kier molecular flexibility index (Phi) is 12.6. The third-order valence-corrected chi connectivity index (χ3v) is 10.6. The zero-order chi connectivity index (χ0) is 35.2. The van der Waals surface area contributed by atoms with Crippen molar-refractivity contribution in [2.75, 3.05) is 0 Å². The average molecular weight is 677 g/mol. The quantitative estimate of drug-likeness (QED) is 0.174. The molecule has 0 spiro atoms. The normalized spacial score (nSPS) is 26.8. The third kappa shape index (κ3) is 9.30. The van der Waals surface area contributed by atoms with Gasteiger partial charge >= 0.3 is 5.97 Å². The molecular formula is C38H52N4O5S. The van der Waals surface area contributed by atoms with E-state index in [9.17, 15) is 19.5 Å². The molecule has 0 saturated heterocycles. The summed E-state index contributed by atoms with van der Waals surface area (Å²) in [5.74, 6) is -2.07. The number of aromatic amines is 1. The highest BCUT2D eigenvalue weighted by atomic mass is 32.1. The van der Waals surface area contributed by atoms with Crippen LogP contribution < -0.4 is 11.1 Å². The number of nitrogens with zero attached hydrogens (tertiary/aromatic N) is 1. The van der Waals surface area contributed by atoms with Crippen LogP contribution in [0.15, 0.2) is 53.1 Å². The Morgan fingerprint density at radius 3 is 2.67 bits per heavy atom. The molecule has 5 N–H and O–H groups in total. The second kappa shape index (κ2) is 16.2. The summed E-state index contributed by atoms with van der Waals surface area (Å²) < 4.78 is 6.10. The van der Waals surface area contributed by atoms with Gasteiger partial charge in [-0.05, 0) is 75.7 Å². The Labute approximate surface area is 288 Å². The summed E-state index contributed by atoms with van der Waals surface area (Å²) in [6.07, 6.45) is 7.00. The van der Waals surface area contributed by atoms with Gasteiger partial charge < -0.3 is 25.9 Å². The number of aliphatic hydroxyl groups is 1. The SMILES string of the molecule is C/C1=C\C[C@@H](/C(C)=C/c2csc(C)n2)NC(=O)C[C@H](O)C(C)(C)C(=O)[C@H](C)[C@@H](OC(=O)[C@@H](N)Cc2c[nH]c3ccccc23)[C@@H](C)CCC1. The maximum Gasteiger partial charge on any atom is 0.323 e. The Morgan fingerprint density at radius 2 is 1.96 bits per heavy atom. The van der Waals surface area contributed by atoms with Gasteiger partial charge in [0.2, 0.25) is 5.91 Å². The standard InChI is InChI=1S/C38H52N4O5S/c1-22-11-10-12-23(2)35(47-37(46)30(39)18-27-20-40-32-14-9-8-13-29(27)32)25(4)36(45)38(6,7)33(43)19-34(44)42-31(16-15-22)24(3)17-28-21-48-26(5)41-28/h8-9,13-15,17,20-21,23,25,30-31,33,35,40,43H,10-12,16,18-19,39H2,1-7H3,(H,42,44)/b22-15+,24-17+/t23-,25+,30-,31-,33-,35-/m0/s1. The molecule has 0 bridgehead atoms. The molecular weight excluding hydrogens is 625 g/mol. The Morgan fingerprint density at radius 1 is 1.23 bits per heavy atom. The molecule has 3 aromatic rings. The molecule has 48 heavy (non-hydrogen) atoms. The van der Waals surface area contributed by atoms with Gasteiger partial charge in [-0.1, -0.05) is 57.5 Å². The Balaban J connectivity index is 1.55. The minimum atomic E-state index is -1.28. The molecule has 1 aliphatic heterocycles. The van der Waals surface area contributed by atoms with Crippen LogP contribution in [0.25, 0.3) is 17.0 Å². The van der Waals surface area contributed by atoms with Gasteiger partial charge in [0.15, 0.2) is 0 Å². The summed E-state index contributed by atoms with van der Waals surface area (Å²) in [4.78, 5) is 48.6. The fourth-order valence-electron chi connectivity index (χ4n) is 6.56. The largest absolute Gasteiger partial charge is 0.460 e. The van der Waals surface area contributed by atoms with Gasteiger partial charge in [-0.2, -0.15) is 0 Å². The van der Waals surface area contributed by atoms with Crippen LogP contribution in [0, 0.1) is 24.2 Å². The monoisotopic (exact) mass is 676 g/mol. The average Bonchev–Trinajstić information content (AvgIpc) is 3.65. The topological polar surface area (TPSA) is 147 Å². The van der Waals surface area contributed by atoms with Gasteiger partial charge in [0.25, 0.3) is 0 Å². The van der Waals surface area contributed by atoms with Gasteiger partial charge in [0, 0.05) is 28.9 Å². The van der Waals surface area contributed by atoms with E-state index < -0.39 is 35.6 Å². The molecule has 1 aromatic carbocycles. The number of aliphatic hydroxyl groups excluding tert-OH is 1. The maximum atomic E-state index is 14.1. The van der Waals surface area contributed by atoms with Crippen LogP contribution in [-0.2, 0) is 25.5 Å². The van der Waals surface area contributed by atoms with Gasteiger partial charge in [0.1, 0.15) is 17.9 Å². The summed E-state index contributed by atoms with van der Waals surface area (Å²) in [6, 6.07) is 6.62. The van der Waals surface area contributed by atoms with Gasteiger partial charge in [-0.25, -0.2) is 4.98 Å². The van der Waals surface area contributed by atoms with Gasteiger partial charge in [0.05, 0.1) is 40.6 Å². The zero-order valence-corrected chi connectivity index (χ0v) is 30.2. The number of esters is 1. The first-order valence-corrected chi connectivity index (χ1v) is 17.8. The van der Waals surface area contributed by atoms with Crippen molar-refractivity contribution >= 4 is 46.0 Å². The number of hydrogen-bond donors (Lipinski definition) is 4. The summed E-state index contributed by atoms with van der Waals surface area (Å²) in [5, 5.41) is 18.4. The highest BCUT2D eigenvalue weighted by Crippen LogP contribution is 2.34. The number of para-hydroxylation sites is 1. The zero-order valence-electron chi connectivity index (χ0n) is 29.3. The third-order valence-electron chi connectivity index (χ3n) is 9.81. The molecule has 10 heteroatoms. The van der Waals surface area contributed by atoms with E-state index in [0.717, 1.165) is 52.0 Å². The van der Waals surface area contributed by atoms with Crippen molar-refractivity contribution in [2.24, 2.45) is 23.0 Å². The highest BCUT2D eigenvalue weighted by molar-refractivity contribution is 7.09. The number of aryl methyl sites for hydroxylation is 1. The molecule has 0 unspecified atom stereocenters. The van der Waals surface area contributed by atoms with Crippen LogP contribution in [0.1, 0.15) is 89.9 Å². The number of ether oxygens (including phenoxy) is 1. The van der Waals surface area contributed by atoms with E-state index in [1.165, 1.54) is 5.57 Å². The van der Waals surface area contributed by atoms with E-state index in [1.54, 1.807) is 32.1 Å². The molecule has 6 atom stereocenters. The van der Waals surface area contributed by atoms with E-state index in [0.29, 0.717) is 6.42 Å². The predicted molar refractivity (Wildman–Crippen MR) is 192 cm³/mol. The number of benzene rings is 1. The number of hydrogen-bond acceptors (Lipinski definition) is 8. The number of nitrogens with two attached hydrogens (primary N) is 1. The lowest BCUT2D eigenvalue weighted by Crippen LogP contribution is -2.49. The van der Waals surface area contributed by atoms with Crippen LogP contribution in [0.3, 0.4) is 0 Å². The lowest BCUT2D eigenvalue weighted by Gasteiger charge is -2.36. The summed E-state index contributed by atoms with van der Waals surface area (Å²) in [6.45, 7) is 13.1. The number of rotatable bonds is 6. The maximum absolute atomic E-state index is 14.1. The number of H-pyrrole nitrogens is 1. The van der Waals surface area contributed by atoms with Crippen LogP contribution in [0.4, 0.5) is 0 Å². The molecule has 2 aromatic heterocycles. The van der Waals surface area contributed by atoms with Gasteiger partial charge in [-0.15, -0.1) is 11.3 Å². The number of fused-ring (bicyclic) bond motifs is 1. The molecule has 0 saturated carbocycles. The number of aromatic nitrogens is 2. The van der Waals surface area contributed by atoms with Crippen LogP contribution in [-0.4, -0.2) is 57.0 Å². The number of nitrogens with one attached hydrogen (secondary N) is 2. The molecule has 3 heterocycles. The number of carbonyl (C=O) groups is 3. The van der Waals surface area contributed by atoms with Crippen molar-refractivity contribution in [1.82, 2.24) is 15.3 Å². The Bertz CT molecular complexity index is 1650. The van der Waals surface area contributed by atoms with Gasteiger partial charge in [-0.3, -0.25) is 14.4 Å². The molecule has 260 valence electrons. The molecule has 4 rings (SSSR count). The molecule has 9 nitrogen and oxygen atoms in total. The van der Waals surface area contributed by atoms with Crippen molar-refractivity contribution in [3.8, 4) is 0 Å². The molecule has 1 aliphatic rings. The predicted octanol–water partition coefficient (Wildman–Crippen LogP) is 6.44. The second-order valence-electron chi connectivity index (χ2n) is 14.1.